The Morgan fingerprint density at radius 3 is 2.65 bits per heavy atom. The summed E-state index contributed by atoms with van der Waals surface area (Å²) in [6.45, 7) is 0. The van der Waals surface area contributed by atoms with Crippen LogP contribution >= 0.6 is 0 Å². The zero-order valence-corrected chi connectivity index (χ0v) is 10.2. The Bertz CT molecular complexity index is 753. The zero-order chi connectivity index (χ0) is 13.9. The van der Waals surface area contributed by atoms with Gasteiger partial charge >= 0.3 is 5.97 Å². The highest BCUT2D eigenvalue weighted by atomic mass is 16.5. The van der Waals surface area contributed by atoms with Gasteiger partial charge in [-0.15, -0.1) is 0 Å². The lowest BCUT2D eigenvalue weighted by Gasteiger charge is -1.96. The summed E-state index contributed by atoms with van der Waals surface area (Å²) >= 11 is 0. The van der Waals surface area contributed by atoms with Crippen LogP contribution in [-0.2, 0) is 0 Å². The van der Waals surface area contributed by atoms with Gasteiger partial charge in [0.2, 0.25) is 5.82 Å². The Kier molecular flexibility index (Phi) is 2.96. The van der Waals surface area contributed by atoms with Crippen molar-refractivity contribution in [3.05, 3.63) is 54.4 Å². The molecular weight excluding hydrogens is 258 g/mol. The Morgan fingerprint density at radius 1 is 1.10 bits per heavy atom. The summed E-state index contributed by atoms with van der Waals surface area (Å²) in [5, 5.41) is 12.8. The van der Waals surface area contributed by atoms with Crippen molar-refractivity contribution in [2.45, 2.75) is 0 Å². The molecule has 3 aromatic rings. The number of aromatic carboxylic acids is 1. The van der Waals surface area contributed by atoms with Crippen LogP contribution < -0.4 is 0 Å². The minimum Gasteiger partial charge on any atom is -0.478 e. The second-order valence-corrected chi connectivity index (χ2v) is 4.04. The minimum absolute atomic E-state index is 0.178. The van der Waals surface area contributed by atoms with Crippen LogP contribution in [0.5, 0.6) is 0 Å². The molecule has 0 fully saturated rings. The maximum absolute atomic E-state index is 10.9. The van der Waals surface area contributed by atoms with Crippen molar-refractivity contribution in [2.24, 2.45) is 0 Å². The molecule has 3 rings (SSSR count). The van der Waals surface area contributed by atoms with Crippen LogP contribution in [0.4, 0.5) is 0 Å². The van der Waals surface area contributed by atoms with Crippen molar-refractivity contribution < 1.29 is 14.4 Å². The van der Waals surface area contributed by atoms with Gasteiger partial charge in [-0.3, -0.25) is 4.98 Å². The largest absolute Gasteiger partial charge is 0.478 e. The first-order chi connectivity index (χ1) is 9.74. The Balaban J connectivity index is 1.98. The molecule has 2 aromatic heterocycles. The van der Waals surface area contributed by atoms with Crippen molar-refractivity contribution in [3.63, 3.8) is 0 Å². The molecule has 0 saturated heterocycles. The number of carboxylic acids is 1. The van der Waals surface area contributed by atoms with Gasteiger partial charge in [0.15, 0.2) is 0 Å². The number of hydrogen-bond acceptors (Lipinski definition) is 5. The number of carboxylic acid groups (broad SMARTS) is 1. The van der Waals surface area contributed by atoms with Crippen molar-refractivity contribution in [1.82, 2.24) is 15.1 Å². The van der Waals surface area contributed by atoms with E-state index in [-0.39, 0.29) is 5.56 Å². The molecule has 0 bridgehead atoms. The maximum Gasteiger partial charge on any atom is 0.335 e. The first-order valence-corrected chi connectivity index (χ1v) is 5.82. The standard InChI is InChI=1S/C14H9N3O3/c18-14(19)11-3-1-2-10(8-11)12-16-13(20-17-12)9-4-6-15-7-5-9/h1-8H,(H,18,19). The van der Waals surface area contributed by atoms with E-state index in [1.165, 1.54) is 12.1 Å². The number of nitrogens with zero attached hydrogens (tertiary/aromatic N) is 3. The molecule has 1 N–H and O–H groups in total. The predicted molar refractivity (Wildman–Crippen MR) is 69.9 cm³/mol. The van der Waals surface area contributed by atoms with Crippen molar-refractivity contribution in [3.8, 4) is 22.8 Å². The molecule has 0 spiro atoms. The average Bonchev–Trinajstić information content (AvgIpc) is 2.98. The number of hydrogen-bond donors (Lipinski definition) is 1. The lowest BCUT2D eigenvalue weighted by molar-refractivity contribution is 0.0697. The number of benzene rings is 1. The zero-order valence-electron chi connectivity index (χ0n) is 10.2. The van der Waals surface area contributed by atoms with E-state index in [4.69, 9.17) is 9.63 Å². The highest BCUT2D eigenvalue weighted by molar-refractivity contribution is 5.89. The first-order valence-electron chi connectivity index (χ1n) is 5.82. The molecule has 0 aliphatic carbocycles. The van der Waals surface area contributed by atoms with Gasteiger partial charge in [-0.05, 0) is 24.3 Å². The van der Waals surface area contributed by atoms with E-state index in [2.05, 4.69) is 15.1 Å². The van der Waals surface area contributed by atoms with Crippen LogP contribution in [0, 0.1) is 0 Å². The number of aromatic nitrogens is 3. The SMILES string of the molecule is O=C(O)c1cccc(-c2noc(-c3ccncc3)n2)c1. The third-order valence-electron chi connectivity index (χ3n) is 2.72. The minimum atomic E-state index is -0.996. The molecule has 0 saturated carbocycles. The number of pyridine rings is 1. The molecule has 2 heterocycles. The fourth-order valence-electron chi connectivity index (χ4n) is 1.74. The van der Waals surface area contributed by atoms with Gasteiger partial charge in [0, 0.05) is 23.5 Å². The third-order valence-corrected chi connectivity index (χ3v) is 2.72. The van der Waals surface area contributed by atoms with Crippen molar-refractivity contribution >= 4 is 5.97 Å². The van der Waals surface area contributed by atoms with E-state index in [0.29, 0.717) is 17.3 Å². The van der Waals surface area contributed by atoms with Crippen LogP contribution in [0.1, 0.15) is 10.4 Å². The first kappa shape index (κ1) is 12.0. The van der Waals surface area contributed by atoms with E-state index >= 15 is 0 Å². The summed E-state index contributed by atoms with van der Waals surface area (Å²) in [6, 6.07) is 9.89. The van der Waals surface area contributed by atoms with E-state index < -0.39 is 5.97 Å². The van der Waals surface area contributed by atoms with Gasteiger partial charge < -0.3 is 9.63 Å². The number of rotatable bonds is 3. The lowest BCUT2D eigenvalue weighted by atomic mass is 10.1. The molecule has 0 amide bonds. The maximum atomic E-state index is 10.9. The van der Waals surface area contributed by atoms with Gasteiger partial charge in [0.25, 0.3) is 5.89 Å². The van der Waals surface area contributed by atoms with Gasteiger partial charge in [0.1, 0.15) is 0 Å². The van der Waals surface area contributed by atoms with Crippen LogP contribution in [-0.4, -0.2) is 26.2 Å². The molecular formula is C14H9N3O3. The van der Waals surface area contributed by atoms with E-state index in [0.717, 1.165) is 5.56 Å². The highest BCUT2D eigenvalue weighted by Gasteiger charge is 2.12. The second-order valence-electron chi connectivity index (χ2n) is 4.04. The van der Waals surface area contributed by atoms with Crippen LogP contribution in [0.15, 0.2) is 53.3 Å². The Morgan fingerprint density at radius 2 is 1.90 bits per heavy atom. The van der Waals surface area contributed by atoms with Gasteiger partial charge in [-0.1, -0.05) is 17.3 Å². The van der Waals surface area contributed by atoms with Gasteiger partial charge in [0.05, 0.1) is 5.56 Å². The summed E-state index contributed by atoms with van der Waals surface area (Å²) in [6.07, 6.45) is 3.26. The molecule has 0 atom stereocenters. The molecule has 1 aromatic carbocycles. The van der Waals surface area contributed by atoms with Crippen molar-refractivity contribution in [2.75, 3.05) is 0 Å². The molecule has 0 aliphatic heterocycles. The fraction of sp³-hybridized carbons (Fsp3) is 0. The molecule has 20 heavy (non-hydrogen) atoms. The predicted octanol–water partition coefficient (Wildman–Crippen LogP) is 2.50. The quantitative estimate of drug-likeness (QED) is 0.784. The molecule has 6 nitrogen and oxygen atoms in total. The normalized spacial score (nSPS) is 10.4. The smallest absolute Gasteiger partial charge is 0.335 e. The molecule has 0 aliphatic rings. The van der Waals surface area contributed by atoms with E-state index in [1.807, 2.05) is 0 Å². The molecule has 98 valence electrons. The molecule has 0 unspecified atom stereocenters. The monoisotopic (exact) mass is 267 g/mol. The fourth-order valence-corrected chi connectivity index (χ4v) is 1.74. The van der Waals surface area contributed by atoms with E-state index in [9.17, 15) is 4.79 Å². The topological polar surface area (TPSA) is 89.1 Å². The summed E-state index contributed by atoms with van der Waals surface area (Å²) in [5.74, 6) is -0.284. The van der Waals surface area contributed by atoms with Gasteiger partial charge in [-0.2, -0.15) is 4.98 Å². The lowest BCUT2D eigenvalue weighted by Crippen LogP contribution is -1.96. The average molecular weight is 267 g/mol. The van der Waals surface area contributed by atoms with Crippen LogP contribution in [0.3, 0.4) is 0 Å². The van der Waals surface area contributed by atoms with Crippen LogP contribution in [0.25, 0.3) is 22.8 Å². The number of carbonyl (C=O) groups is 1. The summed E-state index contributed by atoms with van der Waals surface area (Å²) in [5.41, 5.74) is 1.53. The van der Waals surface area contributed by atoms with Crippen LogP contribution in [0.2, 0.25) is 0 Å². The van der Waals surface area contributed by atoms with Gasteiger partial charge in [-0.25, -0.2) is 4.79 Å². The third kappa shape index (κ3) is 2.26. The second kappa shape index (κ2) is 4.93. The molecule has 6 heteroatoms. The summed E-state index contributed by atoms with van der Waals surface area (Å²) in [7, 11) is 0. The Hall–Kier alpha value is -3.02. The summed E-state index contributed by atoms with van der Waals surface area (Å²) < 4.78 is 5.17. The molecule has 0 radical (unpaired) electrons. The van der Waals surface area contributed by atoms with Crippen molar-refractivity contribution in [1.29, 1.82) is 0 Å². The summed E-state index contributed by atoms with van der Waals surface area (Å²) in [4.78, 5) is 19.1. The highest BCUT2D eigenvalue weighted by Crippen LogP contribution is 2.22. The Labute approximate surface area is 113 Å². The van der Waals surface area contributed by atoms with E-state index in [1.54, 1.807) is 36.7 Å².